The molecule has 2 N–H and O–H groups in total. The van der Waals surface area contributed by atoms with E-state index in [1.807, 2.05) is 0 Å². The molecule has 3 aromatic rings. The van der Waals surface area contributed by atoms with Crippen LogP contribution in [0.2, 0.25) is 0 Å². The monoisotopic (exact) mass is 336 g/mol. The van der Waals surface area contributed by atoms with E-state index in [1.165, 1.54) is 21.4 Å². The van der Waals surface area contributed by atoms with Gasteiger partial charge >= 0.3 is 0 Å². The fourth-order valence-corrected chi connectivity index (χ4v) is 3.75. The zero-order valence-corrected chi connectivity index (χ0v) is 14.7. The lowest BCUT2D eigenvalue weighted by molar-refractivity contribution is 0.242. The van der Waals surface area contributed by atoms with Gasteiger partial charge in [0.25, 0.3) is 0 Å². The van der Waals surface area contributed by atoms with Gasteiger partial charge in [-0.1, -0.05) is 12.1 Å². The van der Waals surface area contributed by atoms with Crippen LogP contribution in [0.1, 0.15) is 11.1 Å². The van der Waals surface area contributed by atoms with Crippen molar-refractivity contribution in [3.05, 3.63) is 53.6 Å². The second-order valence-electron chi connectivity index (χ2n) is 6.18. The Morgan fingerprint density at radius 3 is 2.92 bits per heavy atom. The first-order valence-electron chi connectivity index (χ1n) is 8.14. The van der Waals surface area contributed by atoms with E-state index in [9.17, 15) is 0 Å². The van der Waals surface area contributed by atoms with Crippen LogP contribution in [0.25, 0.3) is 22.2 Å². The highest BCUT2D eigenvalue weighted by atomic mass is 32.2. The van der Waals surface area contributed by atoms with E-state index >= 15 is 0 Å². The van der Waals surface area contributed by atoms with Crippen molar-refractivity contribution < 1.29 is 4.74 Å². The molecule has 3 nitrogen and oxygen atoms in total. The number of aromatic nitrogens is 1. The van der Waals surface area contributed by atoms with E-state index in [1.54, 1.807) is 11.8 Å². The van der Waals surface area contributed by atoms with Gasteiger partial charge in [0.2, 0.25) is 0 Å². The summed E-state index contributed by atoms with van der Waals surface area (Å²) in [5.41, 5.74) is 11.3. The maximum atomic E-state index is 6.06. The Balaban J connectivity index is 1.86. The van der Waals surface area contributed by atoms with E-state index in [-0.39, 0.29) is 6.10 Å². The SMILES string of the molecule is CSc1ccc2nc(-c3cccc4c3O[C@H](CN)C4)cc(C)c2c1. The zero-order valence-electron chi connectivity index (χ0n) is 13.9. The van der Waals surface area contributed by atoms with Gasteiger partial charge in [0.15, 0.2) is 0 Å². The van der Waals surface area contributed by atoms with Crippen molar-refractivity contribution in [3.63, 3.8) is 0 Å². The molecule has 1 aliphatic rings. The average molecular weight is 336 g/mol. The Hall–Kier alpha value is -2.04. The van der Waals surface area contributed by atoms with Crippen LogP contribution in [0.5, 0.6) is 5.75 Å². The minimum atomic E-state index is 0.0758. The Kier molecular flexibility index (Phi) is 3.94. The third kappa shape index (κ3) is 2.56. The van der Waals surface area contributed by atoms with Gasteiger partial charge in [-0.25, -0.2) is 4.98 Å². The van der Waals surface area contributed by atoms with Gasteiger partial charge in [-0.2, -0.15) is 0 Å². The molecule has 4 rings (SSSR count). The number of ether oxygens (including phenoxy) is 1. The molecule has 1 aromatic heterocycles. The molecule has 0 saturated heterocycles. The van der Waals surface area contributed by atoms with Gasteiger partial charge in [-0.05, 0) is 54.6 Å². The first-order valence-corrected chi connectivity index (χ1v) is 9.36. The smallest absolute Gasteiger partial charge is 0.132 e. The van der Waals surface area contributed by atoms with Crippen LogP contribution in [-0.2, 0) is 6.42 Å². The van der Waals surface area contributed by atoms with E-state index in [4.69, 9.17) is 15.5 Å². The highest BCUT2D eigenvalue weighted by Crippen LogP contribution is 2.39. The predicted molar refractivity (Wildman–Crippen MR) is 101 cm³/mol. The number of thioether (sulfide) groups is 1. The van der Waals surface area contributed by atoms with Crippen LogP contribution < -0.4 is 10.5 Å². The van der Waals surface area contributed by atoms with Gasteiger partial charge < -0.3 is 10.5 Å². The molecule has 0 radical (unpaired) electrons. The lowest BCUT2D eigenvalue weighted by Gasteiger charge is -2.12. The standard InChI is InChI=1S/C20H20N2OS/c1-12-8-19(22-18-7-6-15(24-2)10-17(12)18)16-5-3-4-13-9-14(11-21)23-20(13)16/h3-8,10,14H,9,11,21H2,1-2H3/t14-/m0/s1. The molecule has 2 aromatic carbocycles. The molecule has 1 aliphatic heterocycles. The summed E-state index contributed by atoms with van der Waals surface area (Å²) in [7, 11) is 0. The van der Waals surface area contributed by atoms with Crippen LogP contribution in [0.15, 0.2) is 47.4 Å². The number of hydrogen-bond acceptors (Lipinski definition) is 4. The van der Waals surface area contributed by atoms with Crippen molar-refractivity contribution in [1.82, 2.24) is 4.98 Å². The molecular formula is C20H20N2OS. The average Bonchev–Trinajstić information content (AvgIpc) is 3.04. The van der Waals surface area contributed by atoms with Crippen LogP contribution in [0, 0.1) is 6.92 Å². The molecule has 0 bridgehead atoms. The molecule has 1 atom stereocenters. The van der Waals surface area contributed by atoms with E-state index in [0.29, 0.717) is 6.54 Å². The van der Waals surface area contributed by atoms with Crippen molar-refractivity contribution in [2.75, 3.05) is 12.8 Å². The highest BCUT2D eigenvalue weighted by molar-refractivity contribution is 7.98. The summed E-state index contributed by atoms with van der Waals surface area (Å²) in [4.78, 5) is 6.15. The molecule has 0 spiro atoms. The van der Waals surface area contributed by atoms with Gasteiger partial charge in [0, 0.05) is 28.8 Å². The Morgan fingerprint density at radius 1 is 1.25 bits per heavy atom. The van der Waals surface area contributed by atoms with E-state index in [0.717, 1.165) is 28.9 Å². The molecule has 122 valence electrons. The maximum absolute atomic E-state index is 6.06. The van der Waals surface area contributed by atoms with Crippen molar-refractivity contribution in [3.8, 4) is 17.0 Å². The lowest BCUT2D eigenvalue weighted by atomic mass is 10.0. The third-order valence-electron chi connectivity index (χ3n) is 4.59. The van der Waals surface area contributed by atoms with Gasteiger partial charge in [-0.15, -0.1) is 11.8 Å². The number of aryl methyl sites for hydroxylation is 1. The number of benzene rings is 2. The van der Waals surface area contributed by atoms with Crippen molar-refractivity contribution in [1.29, 1.82) is 0 Å². The van der Waals surface area contributed by atoms with Crippen LogP contribution >= 0.6 is 11.8 Å². The Morgan fingerprint density at radius 2 is 2.12 bits per heavy atom. The molecule has 0 saturated carbocycles. The first-order chi connectivity index (χ1) is 11.7. The number of nitrogens with zero attached hydrogens (tertiary/aromatic N) is 1. The van der Waals surface area contributed by atoms with E-state index in [2.05, 4.69) is 55.6 Å². The largest absolute Gasteiger partial charge is 0.488 e. The summed E-state index contributed by atoms with van der Waals surface area (Å²) in [6.45, 7) is 2.68. The summed E-state index contributed by atoms with van der Waals surface area (Å²) < 4.78 is 6.06. The second-order valence-corrected chi connectivity index (χ2v) is 7.06. The van der Waals surface area contributed by atoms with E-state index < -0.39 is 0 Å². The topological polar surface area (TPSA) is 48.1 Å². The predicted octanol–water partition coefficient (Wildman–Crippen LogP) is 4.19. The molecule has 0 amide bonds. The quantitative estimate of drug-likeness (QED) is 0.729. The zero-order chi connectivity index (χ0) is 16.7. The number of pyridine rings is 1. The molecular weight excluding hydrogens is 316 g/mol. The molecule has 0 aliphatic carbocycles. The molecule has 2 heterocycles. The maximum Gasteiger partial charge on any atom is 0.132 e. The van der Waals surface area contributed by atoms with Gasteiger partial charge in [-0.3, -0.25) is 0 Å². The minimum absolute atomic E-state index is 0.0758. The third-order valence-corrected chi connectivity index (χ3v) is 5.32. The number of para-hydroxylation sites is 1. The minimum Gasteiger partial charge on any atom is -0.488 e. The van der Waals surface area contributed by atoms with Crippen molar-refractivity contribution in [2.45, 2.75) is 24.3 Å². The van der Waals surface area contributed by atoms with Gasteiger partial charge in [0.05, 0.1) is 11.2 Å². The number of nitrogens with two attached hydrogens (primary N) is 1. The van der Waals surface area contributed by atoms with Crippen LogP contribution in [0.3, 0.4) is 0 Å². The molecule has 4 heteroatoms. The normalized spacial score (nSPS) is 16.2. The summed E-state index contributed by atoms with van der Waals surface area (Å²) in [6.07, 6.45) is 3.05. The number of rotatable bonds is 3. The first kappa shape index (κ1) is 15.5. The van der Waals surface area contributed by atoms with Crippen molar-refractivity contribution >= 4 is 22.7 Å². The fourth-order valence-electron chi connectivity index (χ4n) is 3.31. The van der Waals surface area contributed by atoms with Gasteiger partial charge in [0.1, 0.15) is 11.9 Å². The Bertz CT molecular complexity index is 923. The summed E-state index contributed by atoms with van der Waals surface area (Å²) in [5, 5.41) is 1.21. The fraction of sp³-hybridized carbons (Fsp3) is 0.250. The number of fused-ring (bicyclic) bond motifs is 2. The Labute approximate surface area is 146 Å². The van der Waals surface area contributed by atoms with Crippen molar-refractivity contribution in [2.24, 2.45) is 5.73 Å². The van der Waals surface area contributed by atoms with Crippen LogP contribution in [0.4, 0.5) is 0 Å². The molecule has 24 heavy (non-hydrogen) atoms. The van der Waals surface area contributed by atoms with Crippen LogP contribution in [-0.4, -0.2) is 23.9 Å². The number of hydrogen-bond donors (Lipinski definition) is 1. The summed E-state index contributed by atoms with van der Waals surface area (Å²) in [6, 6.07) is 14.9. The summed E-state index contributed by atoms with van der Waals surface area (Å²) in [5.74, 6) is 0.944. The summed E-state index contributed by atoms with van der Waals surface area (Å²) >= 11 is 1.75. The second kappa shape index (κ2) is 6.11. The lowest BCUT2D eigenvalue weighted by Crippen LogP contribution is -2.24. The highest BCUT2D eigenvalue weighted by Gasteiger charge is 2.25. The molecule has 0 unspecified atom stereocenters. The molecule has 0 fully saturated rings.